The quantitative estimate of drug-likeness (QED) is 0.856. The third kappa shape index (κ3) is 3.34. The fourth-order valence-corrected chi connectivity index (χ4v) is 2.87. The summed E-state index contributed by atoms with van der Waals surface area (Å²) >= 11 is 0. The lowest BCUT2D eigenvalue weighted by Crippen LogP contribution is -2.37. The number of rotatable bonds is 6. The molecule has 2 atom stereocenters. The molecule has 0 spiro atoms. The maximum Gasteiger partial charge on any atom is 0.149 e. The summed E-state index contributed by atoms with van der Waals surface area (Å²) in [5.41, 5.74) is -0.0983. The van der Waals surface area contributed by atoms with E-state index in [0.29, 0.717) is 6.04 Å². The molecule has 2 rings (SSSR count). The molecule has 1 aliphatic heterocycles. The molecule has 5 heteroatoms. The first kappa shape index (κ1) is 14.5. The van der Waals surface area contributed by atoms with Crippen LogP contribution in [0.4, 0.5) is 0 Å². The number of aromatic nitrogens is 3. The van der Waals surface area contributed by atoms with Crippen molar-refractivity contribution in [3.05, 3.63) is 11.6 Å². The Labute approximate surface area is 115 Å². The molecule has 1 aromatic rings. The monoisotopic (exact) mass is 266 g/mol. The number of aryl methyl sites for hydroxylation is 1. The van der Waals surface area contributed by atoms with Gasteiger partial charge in [0.15, 0.2) is 0 Å². The molecule has 19 heavy (non-hydrogen) atoms. The molecule has 1 aliphatic rings. The van der Waals surface area contributed by atoms with Crippen LogP contribution in [0.5, 0.6) is 0 Å². The molecule has 0 saturated carbocycles. The molecule has 1 N–H and O–H groups in total. The molecule has 2 heterocycles. The summed E-state index contributed by atoms with van der Waals surface area (Å²) in [5.74, 6) is 2.20. The summed E-state index contributed by atoms with van der Waals surface area (Å²) in [6.45, 7) is 9.64. The number of nitrogens with zero attached hydrogens (tertiary/aromatic N) is 3. The van der Waals surface area contributed by atoms with E-state index in [1.165, 1.54) is 6.42 Å². The molecule has 0 radical (unpaired) electrons. The lowest BCUT2D eigenvalue weighted by Gasteiger charge is -2.28. The van der Waals surface area contributed by atoms with Crippen LogP contribution in [0.15, 0.2) is 0 Å². The van der Waals surface area contributed by atoms with Crippen LogP contribution in [0.1, 0.15) is 58.2 Å². The average molecular weight is 266 g/mol. The van der Waals surface area contributed by atoms with Gasteiger partial charge in [-0.05, 0) is 40.5 Å². The van der Waals surface area contributed by atoms with E-state index in [2.05, 4.69) is 47.8 Å². The first-order valence-electron chi connectivity index (χ1n) is 7.16. The Kier molecular flexibility index (Phi) is 4.26. The van der Waals surface area contributed by atoms with Gasteiger partial charge in [-0.1, -0.05) is 0 Å². The number of hydrogen-bond acceptors (Lipinski definition) is 4. The smallest absolute Gasteiger partial charge is 0.149 e. The van der Waals surface area contributed by atoms with Crippen molar-refractivity contribution < 1.29 is 4.74 Å². The number of ether oxygens (including phenoxy) is 1. The Morgan fingerprint density at radius 2 is 2.11 bits per heavy atom. The van der Waals surface area contributed by atoms with E-state index in [-0.39, 0.29) is 11.6 Å². The van der Waals surface area contributed by atoms with Gasteiger partial charge in [-0.2, -0.15) is 0 Å². The van der Waals surface area contributed by atoms with Crippen molar-refractivity contribution in [2.24, 2.45) is 0 Å². The molecule has 0 bridgehead atoms. The molecule has 0 amide bonds. The van der Waals surface area contributed by atoms with Gasteiger partial charge in [-0.15, -0.1) is 10.2 Å². The molecular formula is C14H26N4O. The van der Waals surface area contributed by atoms with E-state index in [0.717, 1.165) is 31.0 Å². The van der Waals surface area contributed by atoms with E-state index in [1.807, 2.05) is 0 Å². The zero-order chi connectivity index (χ0) is 14.0. The lowest BCUT2D eigenvalue weighted by atomic mass is 9.99. The second kappa shape index (κ2) is 5.59. The summed E-state index contributed by atoms with van der Waals surface area (Å²) in [5, 5.41) is 12.2. The van der Waals surface area contributed by atoms with Crippen molar-refractivity contribution in [3.63, 3.8) is 0 Å². The van der Waals surface area contributed by atoms with Crippen LogP contribution < -0.4 is 5.32 Å². The molecule has 108 valence electrons. The van der Waals surface area contributed by atoms with Crippen molar-refractivity contribution in [1.82, 2.24) is 20.1 Å². The molecule has 2 unspecified atom stereocenters. The molecule has 0 fully saturated rings. The van der Waals surface area contributed by atoms with Gasteiger partial charge in [-0.25, -0.2) is 0 Å². The Hall–Kier alpha value is -0.940. The molecule has 1 aromatic heterocycles. The van der Waals surface area contributed by atoms with Crippen molar-refractivity contribution in [2.75, 3.05) is 7.11 Å². The predicted molar refractivity (Wildman–Crippen MR) is 75.1 cm³/mol. The maximum atomic E-state index is 5.48. The molecular weight excluding hydrogens is 240 g/mol. The highest BCUT2D eigenvalue weighted by molar-refractivity contribution is 5.04. The van der Waals surface area contributed by atoms with Gasteiger partial charge in [0, 0.05) is 26.1 Å². The number of nitrogens with one attached hydrogen (secondary N) is 1. The number of fused-ring (bicyclic) bond motifs is 1. The van der Waals surface area contributed by atoms with Crippen molar-refractivity contribution >= 4 is 0 Å². The van der Waals surface area contributed by atoms with Gasteiger partial charge >= 0.3 is 0 Å². The SMILES string of the molecule is COC(C)(C)CC(C)NC(C)c1nnc2n1CCC2. The summed E-state index contributed by atoms with van der Waals surface area (Å²) in [6.07, 6.45) is 3.22. The Bertz CT molecular complexity index is 427. The van der Waals surface area contributed by atoms with Crippen molar-refractivity contribution in [3.8, 4) is 0 Å². The summed E-state index contributed by atoms with van der Waals surface area (Å²) in [4.78, 5) is 0. The van der Waals surface area contributed by atoms with E-state index in [1.54, 1.807) is 7.11 Å². The minimum Gasteiger partial charge on any atom is -0.379 e. The minimum atomic E-state index is -0.0983. The van der Waals surface area contributed by atoms with Gasteiger partial charge < -0.3 is 14.6 Å². The highest BCUT2D eigenvalue weighted by Crippen LogP contribution is 2.21. The number of methoxy groups -OCH3 is 1. The Morgan fingerprint density at radius 3 is 2.79 bits per heavy atom. The van der Waals surface area contributed by atoms with Crippen LogP contribution in [0, 0.1) is 0 Å². The van der Waals surface area contributed by atoms with E-state index < -0.39 is 0 Å². The maximum absolute atomic E-state index is 5.48. The molecule has 0 aliphatic carbocycles. The van der Waals surface area contributed by atoms with E-state index >= 15 is 0 Å². The van der Waals surface area contributed by atoms with Crippen LogP contribution in [0.25, 0.3) is 0 Å². The number of hydrogen-bond donors (Lipinski definition) is 1. The second-order valence-electron chi connectivity index (χ2n) is 6.19. The van der Waals surface area contributed by atoms with Gasteiger partial charge in [0.05, 0.1) is 11.6 Å². The fourth-order valence-electron chi connectivity index (χ4n) is 2.87. The summed E-state index contributed by atoms with van der Waals surface area (Å²) in [7, 11) is 1.77. The van der Waals surface area contributed by atoms with Crippen LogP contribution in [-0.2, 0) is 17.7 Å². The zero-order valence-corrected chi connectivity index (χ0v) is 12.7. The minimum absolute atomic E-state index is 0.0983. The third-order valence-corrected chi connectivity index (χ3v) is 3.91. The van der Waals surface area contributed by atoms with Crippen LogP contribution in [0.2, 0.25) is 0 Å². The van der Waals surface area contributed by atoms with Gasteiger partial charge in [0.1, 0.15) is 11.6 Å². The topological polar surface area (TPSA) is 52.0 Å². The van der Waals surface area contributed by atoms with Gasteiger partial charge in [-0.3, -0.25) is 0 Å². The standard InChI is InChI=1S/C14H26N4O/c1-10(9-14(3,4)19-5)15-11(2)13-17-16-12-7-6-8-18(12)13/h10-11,15H,6-9H2,1-5H3. The normalized spacial score (nSPS) is 18.4. The average Bonchev–Trinajstić information content (AvgIpc) is 2.88. The van der Waals surface area contributed by atoms with Crippen molar-refractivity contribution in [2.45, 2.75) is 71.2 Å². The van der Waals surface area contributed by atoms with Crippen LogP contribution in [-0.4, -0.2) is 33.5 Å². The first-order valence-corrected chi connectivity index (χ1v) is 7.16. The van der Waals surface area contributed by atoms with E-state index in [9.17, 15) is 0 Å². The largest absolute Gasteiger partial charge is 0.379 e. The molecule has 0 aromatic carbocycles. The van der Waals surface area contributed by atoms with Crippen LogP contribution >= 0.6 is 0 Å². The van der Waals surface area contributed by atoms with Gasteiger partial charge in [0.2, 0.25) is 0 Å². The lowest BCUT2D eigenvalue weighted by molar-refractivity contribution is 0.00771. The summed E-state index contributed by atoms with van der Waals surface area (Å²) < 4.78 is 7.74. The molecule has 0 saturated heterocycles. The highest BCUT2D eigenvalue weighted by atomic mass is 16.5. The van der Waals surface area contributed by atoms with Crippen molar-refractivity contribution in [1.29, 1.82) is 0 Å². The van der Waals surface area contributed by atoms with E-state index in [4.69, 9.17) is 4.74 Å². The fraction of sp³-hybridized carbons (Fsp3) is 0.857. The Morgan fingerprint density at radius 1 is 1.37 bits per heavy atom. The Balaban J connectivity index is 1.95. The predicted octanol–water partition coefficient (Wildman–Crippen LogP) is 2.08. The van der Waals surface area contributed by atoms with Crippen LogP contribution in [0.3, 0.4) is 0 Å². The summed E-state index contributed by atoms with van der Waals surface area (Å²) in [6, 6.07) is 0.598. The zero-order valence-electron chi connectivity index (χ0n) is 12.7. The van der Waals surface area contributed by atoms with Gasteiger partial charge in [0.25, 0.3) is 0 Å². The second-order valence-corrected chi connectivity index (χ2v) is 6.19. The molecule has 5 nitrogen and oxygen atoms in total. The first-order chi connectivity index (χ1) is 8.93. The third-order valence-electron chi connectivity index (χ3n) is 3.91. The highest BCUT2D eigenvalue weighted by Gasteiger charge is 2.25.